The SMILES string of the molecule is NCc1c(C(=O)O)nnn1Cc1ccccc1OC(F)F. The summed E-state index contributed by atoms with van der Waals surface area (Å²) in [4.78, 5) is 11.0. The first-order valence-corrected chi connectivity index (χ1v) is 5.91. The molecule has 0 saturated carbocycles. The van der Waals surface area contributed by atoms with Crippen LogP contribution in [0, 0.1) is 0 Å². The van der Waals surface area contributed by atoms with E-state index in [-0.39, 0.29) is 30.2 Å². The van der Waals surface area contributed by atoms with Crippen molar-refractivity contribution in [2.75, 3.05) is 0 Å². The Labute approximate surface area is 117 Å². The quantitative estimate of drug-likeness (QED) is 0.827. The van der Waals surface area contributed by atoms with E-state index in [1.54, 1.807) is 18.2 Å². The number of aromatic nitrogens is 3. The minimum absolute atomic E-state index is 0.0113. The number of ether oxygens (including phenoxy) is 1. The van der Waals surface area contributed by atoms with Gasteiger partial charge in [0.25, 0.3) is 0 Å². The molecular weight excluding hydrogens is 286 g/mol. The van der Waals surface area contributed by atoms with E-state index in [9.17, 15) is 13.6 Å². The van der Waals surface area contributed by atoms with Gasteiger partial charge in [0.2, 0.25) is 0 Å². The van der Waals surface area contributed by atoms with Crippen molar-refractivity contribution in [2.45, 2.75) is 19.7 Å². The Bertz CT molecular complexity index is 645. The molecule has 0 spiro atoms. The number of aromatic carboxylic acids is 1. The van der Waals surface area contributed by atoms with Crippen LogP contribution in [0.5, 0.6) is 5.75 Å². The average Bonchev–Trinajstić information content (AvgIpc) is 2.83. The molecule has 0 fully saturated rings. The number of hydrogen-bond acceptors (Lipinski definition) is 5. The molecule has 7 nitrogen and oxygen atoms in total. The molecule has 0 aliphatic rings. The highest BCUT2D eigenvalue weighted by molar-refractivity contribution is 5.86. The van der Waals surface area contributed by atoms with E-state index < -0.39 is 12.6 Å². The lowest BCUT2D eigenvalue weighted by molar-refractivity contribution is -0.0505. The normalized spacial score (nSPS) is 10.9. The summed E-state index contributed by atoms with van der Waals surface area (Å²) in [6, 6.07) is 6.15. The van der Waals surface area contributed by atoms with Crippen LogP contribution in [0.4, 0.5) is 8.78 Å². The summed E-state index contributed by atoms with van der Waals surface area (Å²) in [5, 5.41) is 16.2. The summed E-state index contributed by atoms with van der Waals surface area (Å²) in [6.07, 6.45) is 0. The van der Waals surface area contributed by atoms with Gasteiger partial charge in [0, 0.05) is 12.1 Å². The molecule has 0 amide bonds. The van der Waals surface area contributed by atoms with Crippen LogP contribution in [-0.4, -0.2) is 32.7 Å². The Morgan fingerprint density at radius 2 is 2.14 bits per heavy atom. The molecule has 0 radical (unpaired) electrons. The highest BCUT2D eigenvalue weighted by Gasteiger charge is 2.19. The van der Waals surface area contributed by atoms with Gasteiger partial charge in [-0.25, -0.2) is 9.48 Å². The van der Waals surface area contributed by atoms with Crippen molar-refractivity contribution in [1.82, 2.24) is 15.0 Å². The standard InChI is InChI=1S/C12H12F2N4O3/c13-12(14)21-9-4-2-1-3-7(9)6-18-8(5-15)10(11(19)20)16-17-18/h1-4,12H,5-6,15H2,(H,19,20). The van der Waals surface area contributed by atoms with Gasteiger partial charge in [-0.2, -0.15) is 8.78 Å². The van der Waals surface area contributed by atoms with Gasteiger partial charge in [-0.05, 0) is 6.07 Å². The molecular formula is C12H12F2N4O3. The Morgan fingerprint density at radius 3 is 2.76 bits per heavy atom. The van der Waals surface area contributed by atoms with Gasteiger partial charge in [-0.3, -0.25) is 0 Å². The fourth-order valence-corrected chi connectivity index (χ4v) is 1.83. The number of hydrogen-bond donors (Lipinski definition) is 2. The summed E-state index contributed by atoms with van der Waals surface area (Å²) in [5.74, 6) is -1.26. The third-order valence-electron chi connectivity index (χ3n) is 2.74. The Hall–Kier alpha value is -2.55. The van der Waals surface area contributed by atoms with E-state index in [0.29, 0.717) is 5.56 Å². The number of carboxylic acid groups (broad SMARTS) is 1. The van der Waals surface area contributed by atoms with Crippen LogP contribution in [0.1, 0.15) is 21.7 Å². The smallest absolute Gasteiger partial charge is 0.387 e. The van der Waals surface area contributed by atoms with Gasteiger partial charge in [0.15, 0.2) is 5.69 Å². The first-order valence-electron chi connectivity index (χ1n) is 5.91. The summed E-state index contributed by atoms with van der Waals surface area (Å²) >= 11 is 0. The molecule has 0 unspecified atom stereocenters. The van der Waals surface area contributed by atoms with Crippen LogP contribution in [0.25, 0.3) is 0 Å². The molecule has 21 heavy (non-hydrogen) atoms. The molecule has 0 saturated heterocycles. The third kappa shape index (κ3) is 3.31. The fraction of sp³-hybridized carbons (Fsp3) is 0.250. The number of halogens is 2. The van der Waals surface area contributed by atoms with Crippen LogP contribution >= 0.6 is 0 Å². The second-order valence-electron chi connectivity index (χ2n) is 4.04. The number of nitrogens with two attached hydrogens (primary N) is 1. The monoisotopic (exact) mass is 298 g/mol. The van der Waals surface area contributed by atoms with Gasteiger partial charge < -0.3 is 15.6 Å². The third-order valence-corrected chi connectivity index (χ3v) is 2.74. The molecule has 1 heterocycles. The number of para-hydroxylation sites is 1. The summed E-state index contributed by atoms with van der Waals surface area (Å²) in [7, 11) is 0. The van der Waals surface area contributed by atoms with Crippen molar-refractivity contribution in [3.05, 3.63) is 41.2 Å². The molecule has 2 rings (SSSR count). The second-order valence-corrected chi connectivity index (χ2v) is 4.04. The van der Waals surface area contributed by atoms with Crippen molar-refractivity contribution in [3.8, 4) is 5.75 Å². The first-order chi connectivity index (χ1) is 10.0. The van der Waals surface area contributed by atoms with Crippen LogP contribution in [-0.2, 0) is 13.1 Å². The minimum Gasteiger partial charge on any atom is -0.476 e. The lowest BCUT2D eigenvalue weighted by atomic mass is 10.2. The number of carbonyl (C=O) groups is 1. The van der Waals surface area contributed by atoms with Gasteiger partial charge >= 0.3 is 12.6 Å². The van der Waals surface area contributed by atoms with E-state index >= 15 is 0 Å². The number of rotatable bonds is 6. The summed E-state index contributed by atoms with van der Waals surface area (Å²) < 4.78 is 30.3. The van der Waals surface area contributed by atoms with E-state index in [1.807, 2.05) is 0 Å². The predicted octanol–water partition coefficient (Wildman–Crippen LogP) is 1.08. The maximum absolute atomic E-state index is 12.3. The van der Waals surface area contributed by atoms with Gasteiger partial charge in [0.05, 0.1) is 12.2 Å². The van der Waals surface area contributed by atoms with Gasteiger partial charge in [-0.15, -0.1) is 5.10 Å². The van der Waals surface area contributed by atoms with Crippen molar-refractivity contribution < 1.29 is 23.4 Å². The zero-order valence-corrected chi connectivity index (χ0v) is 10.7. The maximum atomic E-state index is 12.3. The molecule has 1 aromatic heterocycles. The topological polar surface area (TPSA) is 103 Å². The van der Waals surface area contributed by atoms with E-state index in [1.165, 1.54) is 10.7 Å². The Balaban J connectivity index is 2.32. The molecule has 2 aromatic rings. The highest BCUT2D eigenvalue weighted by atomic mass is 19.3. The number of benzene rings is 1. The van der Waals surface area contributed by atoms with Gasteiger partial charge in [0.1, 0.15) is 5.75 Å². The Kier molecular flexibility index (Phi) is 4.43. The van der Waals surface area contributed by atoms with Crippen molar-refractivity contribution >= 4 is 5.97 Å². The second kappa shape index (κ2) is 6.27. The predicted molar refractivity (Wildman–Crippen MR) is 67.0 cm³/mol. The van der Waals surface area contributed by atoms with Crippen molar-refractivity contribution in [3.63, 3.8) is 0 Å². The van der Waals surface area contributed by atoms with E-state index in [4.69, 9.17) is 10.8 Å². The van der Waals surface area contributed by atoms with E-state index in [0.717, 1.165) is 0 Å². The number of carboxylic acids is 1. The van der Waals surface area contributed by atoms with Crippen LogP contribution in [0.15, 0.2) is 24.3 Å². The van der Waals surface area contributed by atoms with Crippen LogP contribution in [0.2, 0.25) is 0 Å². The molecule has 0 atom stereocenters. The molecule has 0 aliphatic carbocycles. The summed E-state index contributed by atoms with van der Waals surface area (Å²) in [5.41, 5.74) is 5.85. The van der Waals surface area contributed by atoms with Crippen molar-refractivity contribution in [2.24, 2.45) is 5.73 Å². The molecule has 3 N–H and O–H groups in total. The van der Waals surface area contributed by atoms with E-state index in [2.05, 4.69) is 15.0 Å². The van der Waals surface area contributed by atoms with Gasteiger partial charge in [-0.1, -0.05) is 23.4 Å². The largest absolute Gasteiger partial charge is 0.476 e. The fourth-order valence-electron chi connectivity index (χ4n) is 1.83. The molecule has 9 heteroatoms. The first kappa shape index (κ1) is 14.9. The Morgan fingerprint density at radius 1 is 1.43 bits per heavy atom. The average molecular weight is 298 g/mol. The lowest BCUT2D eigenvalue weighted by Crippen LogP contribution is -2.14. The zero-order chi connectivity index (χ0) is 15.4. The summed E-state index contributed by atoms with van der Waals surface area (Å²) in [6.45, 7) is -3.02. The van der Waals surface area contributed by atoms with Crippen molar-refractivity contribution in [1.29, 1.82) is 0 Å². The minimum atomic E-state index is -2.95. The molecule has 112 valence electrons. The number of nitrogens with zero attached hydrogens (tertiary/aromatic N) is 3. The maximum Gasteiger partial charge on any atom is 0.387 e. The lowest BCUT2D eigenvalue weighted by Gasteiger charge is -2.11. The molecule has 1 aromatic carbocycles. The molecule has 0 aliphatic heterocycles. The zero-order valence-electron chi connectivity index (χ0n) is 10.7. The highest BCUT2D eigenvalue weighted by Crippen LogP contribution is 2.21. The molecule has 0 bridgehead atoms. The van der Waals surface area contributed by atoms with Crippen LogP contribution in [0.3, 0.4) is 0 Å². The van der Waals surface area contributed by atoms with Crippen LogP contribution < -0.4 is 10.5 Å². The number of alkyl halides is 2.